The van der Waals surface area contributed by atoms with Crippen LogP contribution in [0.15, 0.2) is 97.2 Å². The van der Waals surface area contributed by atoms with Crippen LogP contribution in [0, 0.1) is 11.6 Å². The zero-order valence-corrected chi connectivity index (χ0v) is 15.8. The number of hydrogen-bond donors (Lipinski definition) is 1. The molecular weight excluding hydrogens is 384 g/mol. The molecule has 1 N–H and O–H groups in total. The van der Waals surface area contributed by atoms with E-state index in [0.717, 1.165) is 0 Å². The van der Waals surface area contributed by atoms with Crippen molar-refractivity contribution in [2.75, 3.05) is 0 Å². The second-order valence-corrected chi connectivity index (χ2v) is 6.81. The summed E-state index contributed by atoms with van der Waals surface area (Å²) in [4.78, 5) is 15.3. The zero-order valence-electron chi connectivity index (χ0n) is 15.8. The van der Waals surface area contributed by atoms with Gasteiger partial charge >= 0.3 is 5.97 Å². The SMILES string of the molecule is O=C(O)c1ccc(C(c2ccccc2)(c2ccccc2F)c2ccccc2F)cn1. The summed E-state index contributed by atoms with van der Waals surface area (Å²) in [6.07, 6.45) is 1.37. The fraction of sp³-hybridized carbons (Fsp3) is 0.0400. The van der Waals surface area contributed by atoms with Gasteiger partial charge < -0.3 is 5.11 Å². The minimum absolute atomic E-state index is 0.150. The van der Waals surface area contributed by atoms with Crippen LogP contribution in [0.2, 0.25) is 0 Å². The molecule has 0 unspecified atom stereocenters. The van der Waals surface area contributed by atoms with E-state index in [0.29, 0.717) is 11.1 Å². The van der Waals surface area contributed by atoms with E-state index in [1.54, 1.807) is 66.7 Å². The second-order valence-electron chi connectivity index (χ2n) is 6.81. The molecule has 0 fully saturated rings. The van der Waals surface area contributed by atoms with E-state index in [1.165, 1.54) is 24.4 Å². The maximum Gasteiger partial charge on any atom is 0.354 e. The predicted octanol–water partition coefficient (Wildman–Crippen LogP) is 5.44. The predicted molar refractivity (Wildman–Crippen MR) is 109 cm³/mol. The molecule has 3 nitrogen and oxygen atoms in total. The number of rotatable bonds is 5. The third kappa shape index (κ3) is 3.14. The molecule has 0 atom stereocenters. The van der Waals surface area contributed by atoms with Crippen LogP contribution in [0.3, 0.4) is 0 Å². The largest absolute Gasteiger partial charge is 0.477 e. The first-order valence-electron chi connectivity index (χ1n) is 9.30. The van der Waals surface area contributed by atoms with Gasteiger partial charge in [0.05, 0.1) is 5.41 Å². The molecule has 0 aliphatic heterocycles. The lowest BCUT2D eigenvalue weighted by Crippen LogP contribution is -2.33. The fourth-order valence-corrected chi connectivity index (χ4v) is 3.89. The van der Waals surface area contributed by atoms with Crippen molar-refractivity contribution < 1.29 is 18.7 Å². The highest BCUT2D eigenvalue weighted by Gasteiger charge is 2.42. The van der Waals surface area contributed by atoms with Crippen LogP contribution >= 0.6 is 0 Å². The molecule has 0 amide bonds. The van der Waals surface area contributed by atoms with Gasteiger partial charge in [-0.25, -0.2) is 18.6 Å². The number of carboxylic acids is 1. The highest BCUT2D eigenvalue weighted by molar-refractivity contribution is 5.85. The highest BCUT2D eigenvalue weighted by atomic mass is 19.1. The fourth-order valence-electron chi connectivity index (χ4n) is 3.89. The van der Waals surface area contributed by atoms with E-state index in [2.05, 4.69) is 4.98 Å². The Balaban J connectivity index is 2.16. The van der Waals surface area contributed by atoms with E-state index >= 15 is 8.78 Å². The van der Waals surface area contributed by atoms with E-state index in [9.17, 15) is 9.90 Å². The van der Waals surface area contributed by atoms with Gasteiger partial charge in [-0.1, -0.05) is 72.8 Å². The summed E-state index contributed by atoms with van der Waals surface area (Å²) in [6.45, 7) is 0. The number of carbonyl (C=O) groups is 1. The summed E-state index contributed by atoms with van der Waals surface area (Å²) >= 11 is 0. The number of aromatic nitrogens is 1. The molecule has 5 heteroatoms. The lowest BCUT2D eigenvalue weighted by atomic mass is 9.65. The molecular formula is C25H17F2NO2. The van der Waals surface area contributed by atoms with Crippen LogP contribution < -0.4 is 0 Å². The van der Waals surface area contributed by atoms with E-state index in [1.807, 2.05) is 6.07 Å². The molecule has 0 spiro atoms. The molecule has 1 aromatic heterocycles. The van der Waals surface area contributed by atoms with E-state index in [4.69, 9.17) is 0 Å². The lowest BCUT2D eigenvalue weighted by Gasteiger charge is -2.36. The third-order valence-corrected chi connectivity index (χ3v) is 5.18. The van der Waals surface area contributed by atoms with Crippen molar-refractivity contribution in [2.45, 2.75) is 5.41 Å². The molecule has 1 heterocycles. The smallest absolute Gasteiger partial charge is 0.354 e. The van der Waals surface area contributed by atoms with Crippen LogP contribution in [-0.2, 0) is 5.41 Å². The molecule has 0 bridgehead atoms. The summed E-state index contributed by atoms with van der Waals surface area (Å²) in [7, 11) is 0. The Hall–Kier alpha value is -3.86. The number of halogens is 2. The Morgan fingerprint density at radius 2 is 1.23 bits per heavy atom. The summed E-state index contributed by atoms with van der Waals surface area (Å²) < 4.78 is 30.5. The summed E-state index contributed by atoms with van der Waals surface area (Å²) in [5.41, 5.74) is 0.0428. The van der Waals surface area contributed by atoms with Crippen molar-refractivity contribution in [2.24, 2.45) is 0 Å². The van der Waals surface area contributed by atoms with Gasteiger partial charge in [-0.2, -0.15) is 0 Å². The first-order valence-corrected chi connectivity index (χ1v) is 9.30. The van der Waals surface area contributed by atoms with Gasteiger partial charge in [0.1, 0.15) is 17.3 Å². The number of pyridine rings is 1. The van der Waals surface area contributed by atoms with Crippen molar-refractivity contribution in [1.29, 1.82) is 0 Å². The molecule has 4 rings (SSSR count). The number of carboxylic acid groups (broad SMARTS) is 1. The Kier molecular flexibility index (Phi) is 5.11. The summed E-state index contributed by atoms with van der Waals surface area (Å²) in [5, 5.41) is 9.24. The zero-order chi connectivity index (χ0) is 21.1. The van der Waals surface area contributed by atoms with Gasteiger partial charge in [-0.05, 0) is 29.3 Å². The second kappa shape index (κ2) is 7.87. The molecule has 4 aromatic rings. The molecule has 148 valence electrons. The molecule has 0 aliphatic rings. The van der Waals surface area contributed by atoms with Gasteiger partial charge in [-0.3, -0.25) is 0 Å². The quantitative estimate of drug-likeness (QED) is 0.453. The Morgan fingerprint density at radius 3 is 1.70 bits per heavy atom. The molecule has 0 saturated heterocycles. The van der Waals surface area contributed by atoms with Crippen molar-refractivity contribution in [3.63, 3.8) is 0 Å². The van der Waals surface area contributed by atoms with E-state index in [-0.39, 0.29) is 16.8 Å². The molecule has 3 aromatic carbocycles. The number of hydrogen-bond acceptors (Lipinski definition) is 2. The molecule has 0 saturated carbocycles. The van der Waals surface area contributed by atoms with Crippen molar-refractivity contribution in [1.82, 2.24) is 4.98 Å². The highest BCUT2D eigenvalue weighted by Crippen LogP contribution is 2.46. The topological polar surface area (TPSA) is 50.2 Å². The summed E-state index contributed by atoms with van der Waals surface area (Å²) in [5.74, 6) is -2.19. The number of nitrogens with zero attached hydrogens (tertiary/aromatic N) is 1. The standard InChI is InChI=1S/C25H17F2NO2/c26-21-12-6-4-10-19(21)25(17-8-2-1-3-9-17,20-11-5-7-13-22(20)27)18-14-15-23(24(29)30)28-16-18/h1-16H,(H,29,30). The minimum Gasteiger partial charge on any atom is -0.477 e. The van der Waals surface area contributed by atoms with Gasteiger partial charge in [0.25, 0.3) is 0 Å². The van der Waals surface area contributed by atoms with E-state index < -0.39 is 23.0 Å². The maximum atomic E-state index is 15.2. The van der Waals surface area contributed by atoms with Crippen LogP contribution in [0.4, 0.5) is 8.78 Å². The maximum absolute atomic E-state index is 15.2. The van der Waals surface area contributed by atoms with Crippen molar-refractivity contribution in [3.8, 4) is 0 Å². The number of aromatic carboxylic acids is 1. The van der Waals surface area contributed by atoms with Gasteiger partial charge in [-0.15, -0.1) is 0 Å². The Bertz CT molecular complexity index is 1150. The normalized spacial score (nSPS) is 11.3. The Morgan fingerprint density at radius 1 is 0.700 bits per heavy atom. The molecule has 30 heavy (non-hydrogen) atoms. The van der Waals surface area contributed by atoms with Crippen LogP contribution in [-0.4, -0.2) is 16.1 Å². The monoisotopic (exact) mass is 401 g/mol. The summed E-state index contributed by atoms with van der Waals surface area (Å²) in [6, 6.07) is 24.3. The van der Waals surface area contributed by atoms with Gasteiger partial charge in [0.2, 0.25) is 0 Å². The number of benzene rings is 3. The average molecular weight is 401 g/mol. The lowest BCUT2D eigenvalue weighted by molar-refractivity contribution is 0.0690. The van der Waals surface area contributed by atoms with Gasteiger partial charge in [0.15, 0.2) is 0 Å². The van der Waals surface area contributed by atoms with Crippen molar-refractivity contribution in [3.05, 3.63) is 137 Å². The van der Waals surface area contributed by atoms with Crippen LogP contribution in [0.25, 0.3) is 0 Å². The third-order valence-electron chi connectivity index (χ3n) is 5.18. The van der Waals surface area contributed by atoms with Gasteiger partial charge in [0, 0.05) is 17.3 Å². The first kappa shape index (κ1) is 19.5. The first-order chi connectivity index (χ1) is 14.5. The average Bonchev–Trinajstić information content (AvgIpc) is 2.77. The molecule has 0 radical (unpaired) electrons. The minimum atomic E-state index is -1.37. The van der Waals surface area contributed by atoms with Crippen LogP contribution in [0.5, 0.6) is 0 Å². The van der Waals surface area contributed by atoms with Crippen LogP contribution in [0.1, 0.15) is 32.7 Å². The Labute approximate surface area is 172 Å². The van der Waals surface area contributed by atoms with Crippen molar-refractivity contribution >= 4 is 5.97 Å². The molecule has 0 aliphatic carbocycles.